The van der Waals surface area contributed by atoms with E-state index in [4.69, 9.17) is 5.10 Å². The molecule has 7 aromatic rings. The average Bonchev–Trinajstić information content (AvgIpc) is 3.80. The van der Waals surface area contributed by atoms with Crippen LogP contribution in [0.3, 0.4) is 0 Å². The van der Waals surface area contributed by atoms with Gasteiger partial charge >= 0.3 is 0 Å². The molecule has 5 aromatic carbocycles. The van der Waals surface area contributed by atoms with E-state index in [2.05, 4.69) is 169 Å². The van der Waals surface area contributed by atoms with E-state index in [0.717, 1.165) is 18.5 Å². The van der Waals surface area contributed by atoms with Crippen molar-refractivity contribution < 1.29 is 0 Å². The number of aromatic nitrogens is 3. The van der Waals surface area contributed by atoms with E-state index in [1.165, 1.54) is 76.9 Å². The molecule has 3 aliphatic rings. The fourth-order valence-electron chi connectivity index (χ4n) is 8.80. The number of para-hydroxylation sites is 1. The predicted molar refractivity (Wildman–Crippen MR) is 203 cm³/mol. The van der Waals surface area contributed by atoms with Crippen molar-refractivity contribution in [3.05, 3.63) is 172 Å². The molecule has 3 unspecified atom stereocenters. The second-order valence-corrected chi connectivity index (χ2v) is 14.1. The van der Waals surface area contributed by atoms with Crippen LogP contribution < -0.4 is 10.6 Å². The van der Waals surface area contributed by atoms with Gasteiger partial charge in [0.1, 0.15) is 0 Å². The molecule has 0 bridgehead atoms. The Morgan fingerprint density at radius 2 is 1.45 bits per heavy atom. The van der Waals surface area contributed by atoms with E-state index in [0.29, 0.717) is 11.8 Å². The molecule has 0 aliphatic heterocycles. The van der Waals surface area contributed by atoms with Gasteiger partial charge in [-0.3, -0.25) is 0 Å². The number of allylic oxidation sites excluding steroid dienone is 4. The van der Waals surface area contributed by atoms with Crippen LogP contribution in [-0.4, -0.2) is 14.6 Å². The van der Waals surface area contributed by atoms with Gasteiger partial charge in [-0.15, -0.1) is 0 Å². The normalized spacial score (nSPS) is 19.4. The molecule has 49 heavy (non-hydrogen) atoms. The van der Waals surface area contributed by atoms with E-state index < -0.39 is 0 Å². The minimum Gasteiger partial charge on any atom is -0.232 e. The molecule has 0 amide bonds. The lowest BCUT2D eigenvalue weighted by Crippen LogP contribution is -2.36. The van der Waals surface area contributed by atoms with Gasteiger partial charge in [-0.25, -0.2) is 4.68 Å². The quantitative estimate of drug-likeness (QED) is 0.190. The van der Waals surface area contributed by atoms with Gasteiger partial charge in [0.25, 0.3) is 0 Å². The Morgan fingerprint density at radius 1 is 0.694 bits per heavy atom. The van der Waals surface area contributed by atoms with Crippen molar-refractivity contribution in [1.82, 2.24) is 14.6 Å². The number of rotatable bonds is 4. The van der Waals surface area contributed by atoms with E-state index in [1.807, 2.05) is 0 Å². The van der Waals surface area contributed by atoms with Gasteiger partial charge in [-0.1, -0.05) is 153 Å². The first-order chi connectivity index (χ1) is 24.2. The molecule has 0 spiro atoms. The Morgan fingerprint density at radius 3 is 2.29 bits per heavy atom. The molecule has 0 saturated heterocycles. The lowest BCUT2D eigenvalue weighted by molar-refractivity contribution is 0.588. The Hall–Kier alpha value is -5.67. The fraction of sp³-hybridized carbons (Fsp3) is 0.152. The molecule has 3 heteroatoms. The van der Waals surface area contributed by atoms with Gasteiger partial charge in [-0.05, 0) is 75.3 Å². The van der Waals surface area contributed by atoms with Crippen molar-refractivity contribution >= 4 is 45.1 Å². The van der Waals surface area contributed by atoms with Crippen LogP contribution in [0.4, 0.5) is 0 Å². The molecular weight excluding hydrogens is 595 g/mol. The molecule has 0 radical (unpaired) electrons. The second-order valence-electron chi connectivity index (χ2n) is 14.1. The number of benzene rings is 5. The van der Waals surface area contributed by atoms with Gasteiger partial charge in [0.2, 0.25) is 0 Å². The summed E-state index contributed by atoms with van der Waals surface area (Å²) < 4.78 is 2.44. The molecule has 2 heterocycles. The SMILES string of the molecule is CC1C=c2c(C3=CC=C(c4ccccc4)C(C)C3)nn(-n3c4ccccc4c4ccc5c(c43)C(c3ccccc3)c3ccccc3-5)c2=CC1. The molecule has 3 aliphatic carbocycles. The topological polar surface area (TPSA) is 22.8 Å². The third-order valence-corrected chi connectivity index (χ3v) is 11.0. The standard InChI is InChI=1S/C46H37N3/c1-29-21-26-42-40(27-29)45(33-22-23-34(30(2)28-33)31-13-5-3-6-14-31)47-49(42)48-41-20-12-11-18-36(41)39-25-24-38-35-17-9-10-19-37(35)43(44(38)46(39)48)32-15-7-4-8-16-32/h3-20,22-27,29-30,43H,21,28H2,1-2H3. The number of hydrogen-bond donors (Lipinski definition) is 0. The van der Waals surface area contributed by atoms with Gasteiger partial charge < -0.3 is 0 Å². The minimum absolute atomic E-state index is 0.129. The van der Waals surface area contributed by atoms with E-state index >= 15 is 0 Å². The van der Waals surface area contributed by atoms with Crippen LogP contribution in [-0.2, 0) is 0 Å². The smallest absolute Gasteiger partial charge is 0.0980 e. The Labute approximate surface area is 286 Å². The van der Waals surface area contributed by atoms with Crippen molar-refractivity contribution in [3.8, 4) is 11.1 Å². The highest BCUT2D eigenvalue weighted by molar-refractivity contribution is 6.12. The Balaban J connectivity index is 1.27. The summed E-state index contributed by atoms with van der Waals surface area (Å²) in [5.41, 5.74) is 14.2. The van der Waals surface area contributed by atoms with Gasteiger partial charge in [0, 0.05) is 21.9 Å². The molecule has 0 fully saturated rings. The lowest BCUT2D eigenvalue weighted by Gasteiger charge is -2.21. The molecule has 236 valence electrons. The highest BCUT2D eigenvalue weighted by atomic mass is 15.6. The summed E-state index contributed by atoms with van der Waals surface area (Å²) in [7, 11) is 0. The van der Waals surface area contributed by atoms with Crippen LogP contribution in [0.5, 0.6) is 0 Å². The third-order valence-electron chi connectivity index (χ3n) is 11.0. The maximum absolute atomic E-state index is 5.62. The summed E-state index contributed by atoms with van der Waals surface area (Å²) in [5.74, 6) is 0.985. The number of hydrogen-bond acceptors (Lipinski definition) is 1. The Bertz CT molecular complexity index is 2630. The molecule has 3 nitrogen and oxygen atoms in total. The maximum Gasteiger partial charge on any atom is 0.0980 e. The summed E-state index contributed by atoms with van der Waals surface area (Å²) in [6, 6.07) is 44.4. The van der Waals surface area contributed by atoms with Crippen molar-refractivity contribution in [1.29, 1.82) is 0 Å². The largest absolute Gasteiger partial charge is 0.232 e. The minimum atomic E-state index is 0.129. The van der Waals surface area contributed by atoms with Gasteiger partial charge in [0.05, 0.1) is 22.1 Å². The number of fused-ring (bicyclic) bond motifs is 8. The van der Waals surface area contributed by atoms with E-state index in [1.54, 1.807) is 0 Å². The molecule has 2 aromatic heterocycles. The molecular formula is C46H37N3. The first kappa shape index (κ1) is 28.4. The Kier molecular flexibility index (Phi) is 6.33. The van der Waals surface area contributed by atoms with Crippen molar-refractivity contribution in [2.45, 2.75) is 32.6 Å². The van der Waals surface area contributed by atoms with Crippen molar-refractivity contribution in [3.63, 3.8) is 0 Å². The summed E-state index contributed by atoms with van der Waals surface area (Å²) in [4.78, 5) is 2.24. The van der Waals surface area contributed by atoms with Crippen molar-refractivity contribution in [2.24, 2.45) is 11.8 Å². The summed E-state index contributed by atoms with van der Waals surface area (Å²) in [6.45, 7) is 4.67. The average molecular weight is 632 g/mol. The van der Waals surface area contributed by atoms with Crippen LogP contribution in [0.25, 0.3) is 56.2 Å². The molecule has 10 rings (SSSR count). The summed E-state index contributed by atoms with van der Waals surface area (Å²) >= 11 is 0. The zero-order valence-corrected chi connectivity index (χ0v) is 27.8. The third kappa shape index (κ3) is 4.25. The monoisotopic (exact) mass is 631 g/mol. The predicted octanol–water partition coefficient (Wildman–Crippen LogP) is 9.57. The van der Waals surface area contributed by atoms with Crippen molar-refractivity contribution in [2.75, 3.05) is 0 Å². The number of nitrogens with zero attached hydrogens (tertiary/aromatic N) is 3. The van der Waals surface area contributed by atoms with Crippen LogP contribution in [0.2, 0.25) is 0 Å². The van der Waals surface area contributed by atoms with E-state index in [9.17, 15) is 0 Å². The zero-order valence-electron chi connectivity index (χ0n) is 27.8. The van der Waals surface area contributed by atoms with Gasteiger partial charge in [0.15, 0.2) is 0 Å². The molecule has 3 atom stereocenters. The zero-order chi connectivity index (χ0) is 32.6. The van der Waals surface area contributed by atoms with Crippen LogP contribution in [0.1, 0.15) is 60.6 Å². The van der Waals surface area contributed by atoms with Crippen LogP contribution >= 0.6 is 0 Å². The van der Waals surface area contributed by atoms with Crippen LogP contribution in [0.15, 0.2) is 133 Å². The molecule has 0 N–H and O–H groups in total. The maximum atomic E-state index is 5.62. The first-order valence-electron chi connectivity index (χ1n) is 17.6. The highest BCUT2D eigenvalue weighted by Crippen LogP contribution is 2.51. The molecule has 0 saturated carbocycles. The van der Waals surface area contributed by atoms with Crippen LogP contribution in [0, 0.1) is 11.8 Å². The first-order valence-corrected chi connectivity index (χ1v) is 17.6. The fourth-order valence-corrected chi connectivity index (χ4v) is 8.80. The highest BCUT2D eigenvalue weighted by Gasteiger charge is 2.34. The summed E-state index contributed by atoms with van der Waals surface area (Å²) in [6.07, 6.45) is 11.5. The second kappa shape index (κ2) is 10.9. The van der Waals surface area contributed by atoms with E-state index in [-0.39, 0.29) is 5.92 Å². The summed E-state index contributed by atoms with van der Waals surface area (Å²) in [5, 5.41) is 10.6. The van der Waals surface area contributed by atoms with Gasteiger partial charge in [-0.2, -0.15) is 9.89 Å². The lowest BCUT2D eigenvalue weighted by atomic mass is 9.83.